The smallest absolute Gasteiger partial charge is 0.348 e. The lowest BCUT2D eigenvalue weighted by atomic mass is 10.1. The maximum absolute atomic E-state index is 11.7. The van der Waals surface area contributed by atoms with Crippen molar-refractivity contribution in [1.29, 1.82) is 0 Å². The van der Waals surface area contributed by atoms with Gasteiger partial charge in [-0.2, -0.15) is 0 Å². The van der Waals surface area contributed by atoms with Crippen LogP contribution in [0.4, 0.5) is 23.0 Å². The number of hydrogen-bond acceptors (Lipinski definition) is 7. The van der Waals surface area contributed by atoms with Crippen LogP contribution in [0.25, 0.3) is 0 Å². The average molecular weight is 342 g/mol. The molecule has 132 valence electrons. The van der Waals surface area contributed by atoms with Gasteiger partial charge in [-0.05, 0) is 31.2 Å². The van der Waals surface area contributed by atoms with Gasteiger partial charge in [-0.3, -0.25) is 10.1 Å². The molecule has 1 aliphatic rings. The zero-order valence-electron chi connectivity index (χ0n) is 14.5. The van der Waals surface area contributed by atoms with Crippen LogP contribution in [0.3, 0.4) is 0 Å². The molecule has 2 heterocycles. The van der Waals surface area contributed by atoms with Crippen molar-refractivity contribution in [3.63, 3.8) is 0 Å². The first-order chi connectivity index (χ1) is 12.1. The maximum Gasteiger partial charge on any atom is 0.353 e. The molecule has 25 heavy (non-hydrogen) atoms. The molecule has 3 rings (SSSR count). The Balaban J connectivity index is 1.90. The molecule has 0 atom stereocenters. The monoisotopic (exact) mass is 342 g/mol. The number of piperazine rings is 1. The highest BCUT2D eigenvalue weighted by atomic mass is 16.6. The predicted octanol–water partition coefficient (Wildman–Crippen LogP) is 2.44. The number of aromatic nitrogens is 2. The first-order valence-electron chi connectivity index (χ1n) is 8.37. The third kappa shape index (κ3) is 3.85. The van der Waals surface area contributed by atoms with Crippen LogP contribution in [-0.4, -0.2) is 53.0 Å². The van der Waals surface area contributed by atoms with E-state index in [4.69, 9.17) is 0 Å². The SMILES string of the molecule is CCc1ccc(Nc2ncnc(N3CCN(C)CC3)c2[N+](=O)[O-])cc1. The number of nitrogens with one attached hydrogen (secondary N) is 1. The second kappa shape index (κ2) is 7.43. The van der Waals surface area contributed by atoms with E-state index in [1.807, 2.05) is 36.2 Å². The molecule has 0 saturated carbocycles. The van der Waals surface area contributed by atoms with Crippen LogP contribution in [0.5, 0.6) is 0 Å². The second-order valence-electron chi connectivity index (χ2n) is 6.12. The highest BCUT2D eigenvalue weighted by Gasteiger charge is 2.28. The van der Waals surface area contributed by atoms with E-state index < -0.39 is 4.92 Å². The number of rotatable bonds is 5. The Labute approximate surface area is 146 Å². The van der Waals surface area contributed by atoms with Crippen molar-refractivity contribution in [2.75, 3.05) is 43.4 Å². The predicted molar refractivity (Wildman–Crippen MR) is 97.5 cm³/mol. The molecule has 0 bridgehead atoms. The summed E-state index contributed by atoms with van der Waals surface area (Å²) in [5.74, 6) is 0.596. The molecular formula is C17H22N6O2. The number of benzene rings is 1. The van der Waals surface area contributed by atoms with Gasteiger partial charge in [0.15, 0.2) is 0 Å². The summed E-state index contributed by atoms with van der Waals surface area (Å²) in [4.78, 5) is 23.7. The van der Waals surface area contributed by atoms with E-state index in [0.717, 1.165) is 25.2 Å². The molecule has 0 amide bonds. The topological polar surface area (TPSA) is 87.4 Å². The van der Waals surface area contributed by atoms with Crippen molar-refractivity contribution in [2.24, 2.45) is 0 Å². The average Bonchev–Trinajstić information content (AvgIpc) is 2.62. The van der Waals surface area contributed by atoms with E-state index in [2.05, 4.69) is 27.1 Å². The van der Waals surface area contributed by atoms with E-state index in [1.165, 1.54) is 11.9 Å². The lowest BCUT2D eigenvalue weighted by molar-refractivity contribution is -0.383. The van der Waals surface area contributed by atoms with Crippen LogP contribution in [0.2, 0.25) is 0 Å². The number of anilines is 3. The molecule has 8 nitrogen and oxygen atoms in total. The fraction of sp³-hybridized carbons (Fsp3) is 0.412. The normalized spacial score (nSPS) is 15.2. The van der Waals surface area contributed by atoms with E-state index in [9.17, 15) is 10.1 Å². The van der Waals surface area contributed by atoms with Crippen molar-refractivity contribution >= 4 is 23.0 Å². The molecule has 1 fully saturated rings. The van der Waals surface area contributed by atoms with Crippen molar-refractivity contribution < 1.29 is 4.92 Å². The van der Waals surface area contributed by atoms with E-state index >= 15 is 0 Å². The Morgan fingerprint density at radius 3 is 2.44 bits per heavy atom. The van der Waals surface area contributed by atoms with Gasteiger partial charge in [0.05, 0.1) is 4.92 Å². The third-order valence-corrected chi connectivity index (χ3v) is 4.41. The summed E-state index contributed by atoms with van der Waals surface area (Å²) in [5, 5.41) is 14.8. The Bertz CT molecular complexity index is 741. The Kier molecular flexibility index (Phi) is 5.08. The first kappa shape index (κ1) is 17.1. The van der Waals surface area contributed by atoms with Crippen LogP contribution in [-0.2, 0) is 6.42 Å². The summed E-state index contributed by atoms with van der Waals surface area (Å²) in [6, 6.07) is 7.80. The van der Waals surface area contributed by atoms with Gasteiger partial charge in [0.25, 0.3) is 0 Å². The second-order valence-corrected chi connectivity index (χ2v) is 6.12. The van der Waals surface area contributed by atoms with Gasteiger partial charge in [-0.1, -0.05) is 19.1 Å². The molecule has 1 aliphatic heterocycles. The van der Waals surface area contributed by atoms with Gasteiger partial charge in [-0.15, -0.1) is 0 Å². The summed E-state index contributed by atoms with van der Waals surface area (Å²) in [7, 11) is 2.04. The lowest BCUT2D eigenvalue weighted by Gasteiger charge is -2.32. The highest BCUT2D eigenvalue weighted by Crippen LogP contribution is 2.33. The van der Waals surface area contributed by atoms with Gasteiger partial charge in [0, 0.05) is 31.9 Å². The van der Waals surface area contributed by atoms with Crippen LogP contribution >= 0.6 is 0 Å². The molecule has 0 unspecified atom stereocenters. The van der Waals surface area contributed by atoms with Gasteiger partial charge in [0.1, 0.15) is 6.33 Å². The summed E-state index contributed by atoms with van der Waals surface area (Å²) < 4.78 is 0. The molecule has 2 aromatic rings. The molecule has 1 N–H and O–H groups in total. The molecule has 1 aromatic carbocycles. The Morgan fingerprint density at radius 1 is 1.16 bits per heavy atom. The number of nitro groups is 1. The number of likely N-dealkylation sites (N-methyl/N-ethyl adjacent to an activating group) is 1. The summed E-state index contributed by atoms with van der Waals surface area (Å²) >= 11 is 0. The van der Waals surface area contributed by atoms with Crippen LogP contribution in [0.1, 0.15) is 12.5 Å². The van der Waals surface area contributed by atoms with Crippen molar-refractivity contribution in [3.8, 4) is 0 Å². The molecule has 0 radical (unpaired) electrons. The van der Waals surface area contributed by atoms with E-state index in [1.54, 1.807) is 0 Å². The number of hydrogen-bond donors (Lipinski definition) is 1. The quantitative estimate of drug-likeness (QED) is 0.659. The number of nitrogens with zero attached hydrogens (tertiary/aromatic N) is 5. The Morgan fingerprint density at radius 2 is 1.84 bits per heavy atom. The Hall–Kier alpha value is -2.74. The summed E-state index contributed by atoms with van der Waals surface area (Å²) in [6.45, 7) is 5.20. The highest BCUT2D eigenvalue weighted by molar-refractivity contribution is 5.74. The summed E-state index contributed by atoms with van der Waals surface area (Å²) in [6.07, 6.45) is 2.32. The minimum atomic E-state index is -0.406. The molecular weight excluding hydrogens is 320 g/mol. The first-order valence-corrected chi connectivity index (χ1v) is 8.37. The van der Waals surface area contributed by atoms with Gasteiger partial charge >= 0.3 is 5.69 Å². The van der Waals surface area contributed by atoms with Gasteiger partial charge in [0.2, 0.25) is 11.6 Å². The maximum atomic E-state index is 11.7. The van der Waals surface area contributed by atoms with E-state index in [0.29, 0.717) is 18.9 Å². The van der Waals surface area contributed by atoms with Crippen molar-refractivity contribution in [1.82, 2.24) is 14.9 Å². The van der Waals surface area contributed by atoms with Gasteiger partial charge in [-0.25, -0.2) is 9.97 Å². The molecule has 1 aromatic heterocycles. The van der Waals surface area contributed by atoms with Crippen molar-refractivity contribution in [2.45, 2.75) is 13.3 Å². The zero-order chi connectivity index (χ0) is 17.8. The fourth-order valence-electron chi connectivity index (χ4n) is 2.84. The minimum Gasteiger partial charge on any atom is -0.348 e. The zero-order valence-corrected chi connectivity index (χ0v) is 14.5. The number of aryl methyl sites for hydroxylation is 1. The van der Waals surface area contributed by atoms with Gasteiger partial charge < -0.3 is 15.1 Å². The molecule has 0 spiro atoms. The molecule has 1 saturated heterocycles. The fourth-order valence-corrected chi connectivity index (χ4v) is 2.84. The van der Waals surface area contributed by atoms with Crippen LogP contribution in [0.15, 0.2) is 30.6 Å². The van der Waals surface area contributed by atoms with Crippen LogP contribution in [0, 0.1) is 10.1 Å². The van der Waals surface area contributed by atoms with E-state index in [-0.39, 0.29) is 11.5 Å². The third-order valence-electron chi connectivity index (χ3n) is 4.41. The lowest BCUT2D eigenvalue weighted by Crippen LogP contribution is -2.45. The minimum absolute atomic E-state index is 0.0772. The van der Waals surface area contributed by atoms with Crippen molar-refractivity contribution in [3.05, 3.63) is 46.3 Å². The molecule has 8 heteroatoms. The molecule has 0 aliphatic carbocycles. The largest absolute Gasteiger partial charge is 0.353 e. The van der Waals surface area contributed by atoms with Crippen LogP contribution < -0.4 is 10.2 Å². The summed E-state index contributed by atoms with van der Waals surface area (Å²) in [5.41, 5.74) is 1.90. The standard InChI is InChI=1S/C17H22N6O2/c1-3-13-4-6-14(7-5-13)20-16-15(23(24)25)17(19-12-18-16)22-10-8-21(2)9-11-22/h4-7,12H,3,8-11H2,1-2H3,(H,18,19,20).